The second-order valence-electron chi connectivity index (χ2n) is 3.82. The summed E-state index contributed by atoms with van der Waals surface area (Å²) in [5, 5.41) is 0.516. The zero-order valence-corrected chi connectivity index (χ0v) is 10.5. The Hall–Kier alpha value is -1.22. The van der Waals surface area contributed by atoms with Gasteiger partial charge in [0.15, 0.2) is 6.61 Å². The normalized spacial score (nSPS) is 10.3. The maximum atomic E-state index is 11.6. The van der Waals surface area contributed by atoms with E-state index in [1.54, 1.807) is 24.1 Å². The molecule has 0 heterocycles. The molecule has 4 heteroatoms. The fraction of sp³-hybridized carbons (Fsp3) is 0.417. The first-order valence-electron chi connectivity index (χ1n) is 5.15. The number of ether oxygens (including phenoxy) is 1. The fourth-order valence-corrected chi connectivity index (χ4v) is 1.28. The van der Waals surface area contributed by atoms with Crippen molar-refractivity contribution < 1.29 is 9.53 Å². The fourth-order valence-electron chi connectivity index (χ4n) is 1.09. The van der Waals surface area contributed by atoms with Gasteiger partial charge in [-0.1, -0.05) is 23.7 Å². The summed E-state index contributed by atoms with van der Waals surface area (Å²) in [6.45, 7) is 3.92. The van der Waals surface area contributed by atoms with Gasteiger partial charge in [0.05, 0.1) is 5.02 Å². The predicted molar refractivity (Wildman–Crippen MR) is 64.9 cm³/mol. The molecule has 0 fully saturated rings. The number of para-hydroxylation sites is 1. The summed E-state index contributed by atoms with van der Waals surface area (Å²) in [6, 6.07) is 7.27. The lowest BCUT2D eigenvalue weighted by Crippen LogP contribution is -2.36. The highest BCUT2D eigenvalue weighted by atomic mass is 35.5. The van der Waals surface area contributed by atoms with Gasteiger partial charge in [-0.2, -0.15) is 0 Å². The summed E-state index contributed by atoms with van der Waals surface area (Å²) in [7, 11) is 1.75. The standard InChI is InChI=1S/C12H16ClNO2/c1-9(2)14(3)12(15)8-16-11-7-5-4-6-10(11)13/h4-7,9H,8H2,1-3H3. The number of benzene rings is 1. The summed E-state index contributed by atoms with van der Waals surface area (Å²) in [4.78, 5) is 13.3. The van der Waals surface area contributed by atoms with Gasteiger partial charge in [-0.05, 0) is 26.0 Å². The first-order valence-corrected chi connectivity index (χ1v) is 5.53. The van der Waals surface area contributed by atoms with E-state index in [9.17, 15) is 4.79 Å². The van der Waals surface area contributed by atoms with Crippen LogP contribution in [-0.4, -0.2) is 30.5 Å². The number of amides is 1. The highest BCUT2D eigenvalue weighted by Gasteiger charge is 2.12. The monoisotopic (exact) mass is 241 g/mol. The lowest BCUT2D eigenvalue weighted by molar-refractivity contribution is -0.133. The molecule has 0 aliphatic heterocycles. The van der Waals surface area contributed by atoms with Gasteiger partial charge in [-0.3, -0.25) is 4.79 Å². The Balaban J connectivity index is 2.52. The molecule has 0 N–H and O–H groups in total. The van der Waals surface area contributed by atoms with Gasteiger partial charge in [0.2, 0.25) is 0 Å². The Morgan fingerprint density at radius 3 is 2.62 bits per heavy atom. The van der Waals surface area contributed by atoms with Crippen LogP contribution in [0, 0.1) is 0 Å². The lowest BCUT2D eigenvalue weighted by Gasteiger charge is -2.21. The van der Waals surface area contributed by atoms with Gasteiger partial charge in [-0.15, -0.1) is 0 Å². The van der Waals surface area contributed by atoms with Crippen molar-refractivity contribution in [2.45, 2.75) is 19.9 Å². The van der Waals surface area contributed by atoms with Crippen LogP contribution in [0.1, 0.15) is 13.8 Å². The van der Waals surface area contributed by atoms with Crippen molar-refractivity contribution in [3.8, 4) is 5.75 Å². The Morgan fingerprint density at radius 2 is 2.06 bits per heavy atom. The summed E-state index contributed by atoms with van der Waals surface area (Å²) < 4.78 is 5.35. The molecule has 16 heavy (non-hydrogen) atoms. The Bertz CT molecular complexity index is 366. The van der Waals surface area contributed by atoms with E-state index in [-0.39, 0.29) is 18.6 Å². The van der Waals surface area contributed by atoms with Crippen LogP contribution in [0.4, 0.5) is 0 Å². The maximum Gasteiger partial charge on any atom is 0.260 e. The van der Waals surface area contributed by atoms with E-state index in [0.717, 1.165) is 0 Å². The van der Waals surface area contributed by atoms with E-state index >= 15 is 0 Å². The number of hydrogen-bond donors (Lipinski definition) is 0. The minimum Gasteiger partial charge on any atom is -0.482 e. The molecule has 1 rings (SSSR count). The van der Waals surface area contributed by atoms with E-state index in [4.69, 9.17) is 16.3 Å². The first-order chi connectivity index (χ1) is 7.52. The van der Waals surface area contributed by atoms with Crippen LogP contribution in [0.3, 0.4) is 0 Å². The van der Waals surface area contributed by atoms with Crippen LogP contribution < -0.4 is 4.74 Å². The molecule has 1 amide bonds. The molecule has 0 bridgehead atoms. The molecule has 0 saturated heterocycles. The summed E-state index contributed by atoms with van der Waals surface area (Å²) >= 11 is 5.90. The molecule has 0 atom stereocenters. The second kappa shape index (κ2) is 5.75. The molecule has 1 aromatic rings. The van der Waals surface area contributed by atoms with Gasteiger partial charge >= 0.3 is 0 Å². The van der Waals surface area contributed by atoms with Crippen molar-refractivity contribution in [1.82, 2.24) is 4.90 Å². The van der Waals surface area contributed by atoms with Gasteiger partial charge in [0.1, 0.15) is 5.75 Å². The van der Waals surface area contributed by atoms with E-state index < -0.39 is 0 Å². The van der Waals surface area contributed by atoms with Gasteiger partial charge in [0.25, 0.3) is 5.91 Å². The smallest absolute Gasteiger partial charge is 0.260 e. The molecule has 0 unspecified atom stereocenters. The van der Waals surface area contributed by atoms with Crippen molar-refractivity contribution in [1.29, 1.82) is 0 Å². The van der Waals surface area contributed by atoms with Crippen molar-refractivity contribution in [2.24, 2.45) is 0 Å². The second-order valence-corrected chi connectivity index (χ2v) is 4.22. The number of nitrogens with zero attached hydrogens (tertiary/aromatic N) is 1. The van der Waals surface area contributed by atoms with Crippen molar-refractivity contribution >= 4 is 17.5 Å². The van der Waals surface area contributed by atoms with Gasteiger partial charge < -0.3 is 9.64 Å². The minimum absolute atomic E-state index is 0.0123. The van der Waals surface area contributed by atoms with Gasteiger partial charge in [0, 0.05) is 13.1 Å². The van der Waals surface area contributed by atoms with E-state index in [1.807, 2.05) is 26.0 Å². The summed E-state index contributed by atoms with van der Waals surface area (Å²) in [6.07, 6.45) is 0. The Morgan fingerprint density at radius 1 is 1.44 bits per heavy atom. The SMILES string of the molecule is CC(C)N(C)C(=O)COc1ccccc1Cl. The van der Waals surface area contributed by atoms with Crippen molar-refractivity contribution in [2.75, 3.05) is 13.7 Å². The largest absolute Gasteiger partial charge is 0.482 e. The van der Waals surface area contributed by atoms with Crippen LogP contribution in [-0.2, 0) is 4.79 Å². The van der Waals surface area contributed by atoms with Crippen LogP contribution in [0.15, 0.2) is 24.3 Å². The predicted octanol–water partition coefficient (Wildman–Crippen LogP) is 2.59. The average molecular weight is 242 g/mol. The molecular formula is C12H16ClNO2. The van der Waals surface area contributed by atoms with E-state index in [0.29, 0.717) is 10.8 Å². The molecule has 0 aliphatic rings. The number of rotatable bonds is 4. The Kier molecular flexibility index (Phi) is 4.62. The highest BCUT2D eigenvalue weighted by molar-refractivity contribution is 6.32. The van der Waals surface area contributed by atoms with Gasteiger partial charge in [-0.25, -0.2) is 0 Å². The van der Waals surface area contributed by atoms with Crippen molar-refractivity contribution in [3.63, 3.8) is 0 Å². The molecule has 0 spiro atoms. The van der Waals surface area contributed by atoms with Crippen LogP contribution in [0.25, 0.3) is 0 Å². The lowest BCUT2D eigenvalue weighted by atomic mass is 10.3. The molecular weight excluding hydrogens is 226 g/mol. The first kappa shape index (κ1) is 12.8. The maximum absolute atomic E-state index is 11.6. The molecule has 3 nitrogen and oxygen atoms in total. The number of carbonyl (C=O) groups excluding carboxylic acids is 1. The number of halogens is 1. The topological polar surface area (TPSA) is 29.5 Å². The summed E-state index contributed by atoms with van der Waals surface area (Å²) in [5.41, 5.74) is 0. The molecule has 88 valence electrons. The summed E-state index contributed by atoms with van der Waals surface area (Å²) in [5.74, 6) is 0.476. The molecule has 0 aliphatic carbocycles. The molecule has 1 aromatic carbocycles. The zero-order chi connectivity index (χ0) is 12.1. The molecule has 0 aromatic heterocycles. The number of carbonyl (C=O) groups is 1. The third-order valence-electron chi connectivity index (χ3n) is 2.36. The average Bonchev–Trinajstić information content (AvgIpc) is 2.26. The third kappa shape index (κ3) is 3.42. The van der Waals surface area contributed by atoms with E-state index in [1.165, 1.54) is 0 Å². The molecule has 0 saturated carbocycles. The van der Waals surface area contributed by atoms with Crippen molar-refractivity contribution in [3.05, 3.63) is 29.3 Å². The van der Waals surface area contributed by atoms with Crippen LogP contribution in [0.2, 0.25) is 5.02 Å². The van der Waals surface area contributed by atoms with Crippen LogP contribution in [0.5, 0.6) is 5.75 Å². The zero-order valence-electron chi connectivity index (χ0n) is 9.74. The minimum atomic E-state index is -0.0603. The van der Waals surface area contributed by atoms with E-state index in [2.05, 4.69) is 0 Å². The Labute approximate surface area is 101 Å². The molecule has 0 radical (unpaired) electrons. The number of hydrogen-bond acceptors (Lipinski definition) is 2. The third-order valence-corrected chi connectivity index (χ3v) is 2.67. The highest BCUT2D eigenvalue weighted by Crippen LogP contribution is 2.22. The van der Waals surface area contributed by atoms with Crippen LogP contribution >= 0.6 is 11.6 Å². The quantitative estimate of drug-likeness (QED) is 0.811. The number of likely N-dealkylation sites (N-methyl/N-ethyl adjacent to an activating group) is 1.